The van der Waals surface area contributed by atoms with Gasteiger partial charge < -0.3 is 10.3 Å². The first-order valence-electron chi connectivity index (χ1n) is 6.67. The van der Waals surface area contributed by atoms with Crippen LogP contribution in [-0.4, -0.2) is 21.5 Å². The Balaban J connectivity index is 1.79. The number of hydrogen-bond acceptors (Lipinski definition) is 4. The highest BCUT2D eigenvalue weighted by Gasteiger charge is 2.05. The van der Waals surface area contributed by atoms with E-state index in [0.29, 0.717) is 0 Å². The van der Waals surface area contributed by atoms with Crippen LogP contribution in [-0.2, 0) is 0 Å². The number of nitrogens with one attached hydrogen (secondary N) is 2. The molecular weight excluding hydrogens is 268 g/mol. The van der Waals surface area contributed by atoms with Gasteiger partial charge in [0, 0.05) is 17.6 Å². The standard InChI is InChI=1S/C15H16N4S/c1-2-8-16-14-10-11(7-9-17-14)20-15-18-12-5-3-4-6-13(12)19-15/h3-7,9-10H,2,8H2,1H3,(H,16,17)(H,18,19). The highest BCUT2D eigenvalue weighted by Crippen LogP contribution is 2.28. The van der Waals surface area contributed by atoms with Gasteiger partial charge in [0.15, 0.2) is 5.16 Å². The molecule has 0 saturated heterocycles. The van der Waals surface area contributed by atoms with Crippen molar-refractivity contribution in [1.29, 1.82) is 0 Å². The van der Waals surface area contributed by atoms with Crippen LogP contribution in [0.4, 0.5) is 5.82 Å². The van der Waals surface area contributed by atoms with Crippen molar-refractivity contribution in [2.45, 2.75) is 23.4 Å². The molecule has 0 unspecified atom stereocenters. The molecule has 0 fully saturated rings. The maximum atomic E-state index is 4.57. The molecule has 2 heterocycles. The second kappa shape index (κ2) is 5.96. The average Bonchev–Trinajstić information content (AvgIpc) is 2.87. The number of benzene rings is 1. The number of para-hydroxylation sites is 2. The molecule has 3 aromatic rings. The maximum Gasteiger partial charge on any atom is 0.171 e. The van der Waals surface area contributed by atoms with Crippen molar-refractivity contribution in [2.24, 2.45) is 0 Å². The molecule has 0 amide bonds. The highest BCUT2D eigenvalue weighted by atomic mass is 32.2. The first-order chi connectivity index (χ1) is 9.85. The smallest absolute Gasteiger partial charge is 0.171 e. The molecule has 1 aromatic carbocycles. The zero-order valence-corrected chi connectivity index (χ0v) is 12.1. The number of hydrogen-bond donors (Lipinski definition) is 2. The molecule has 0 aliphatic heterocycles. The summed E-state index contributed by atoms with van der Waals surface area (Å²) in [6, 6.07) is 12.1. The first kappa shape index (κ1) is 13.0. The fourth-order valence-corrected chi connectivity index (χ4v) is 2.74. The van der Waals surface area contributed by atoms with E-state index in [1.165, 1.54) is 0 Å². The van der Waals surface area contributed by atoms with Gasteiger partial charge in [-0.3, -0.25) is 0 Å². The molecular formula is C15H16N4S. The van der Waals surface area contributed by atoms with E-state index in [4.69, 9.17) is 0 Å². The van der Waals surface area contributed by atoms with Gasteiger partial charge >= 0.3 is 0 Å². The van der Waals surface area contributed by atoms with Gasteiger partial charge in [-0.25, -0.2) is 9.97 Å². The molecule has 2 aromatic heterocycles. The summed E-state index contributed by atoms with van der Waals surface area (Å²) in [5.74, 6) is 0.910. The summed E-state index contributed by atoms with van der Waals surface area (Å²) < 4.78 is 0. The summed E-state index contributed by atoms with van der Waals surface area (Å²) in [4.78, 5) is 13.3. The fraction of sp³-hybridized carbons (Fsp3) is 0.200. The number of aromatic amines is 1. The van der Waals surface area contributed by atoms with Gasteiger partial charge in [-0.2, -0.15) is 0 Å². The Morgan fingerprint density at radius 1 is 1.25 bits per heavy atom. The topological polar surface area (TPSA) is 53.6 Å². The molecule has 0 saturated carbocycles. The molecule has 0 spiro atoms. The molecule has 102 valence electrons. The van der Waals surface area contributed by atoms with Crippen molar-refractivity contribution in [1.82, 2.24) is 15.0 Å². The summed E-state index contributed by atoms with van der Waals surface area (Å²) in [6.07, 6.45) is 2.91. The Labute approximate surface area is 122 Å². The van der Waals surface area contributed by atoms with Crippen molar-refractivity contribution >= 4 is 28.6 Å². The van der Waals surface area contributed by atoms with E-state index in [0.717, 1.165) is 39.9 Å². The van der Waals surface area contributed by atoms with E-state index in [1.54, 1.807) is 11.8 Å². The molecule has 20 heavy (non-hydrogen) atoms. The van der Waals surface area contributed by atoms with Gasteiger partial charge in [-0.15, -0.1) is 0 Å². The van der Waals surface area contributed by atoms with E-state index in [-0.39, 0.29) is 0 Å². The predicted molar refractivity (Wildman–Crippen MR) is 83.2 cm³/mol. The van der Waals surface area contributed by atoms with Crippen LogP contribution in [0.2, 0.25) is 0 Å². The molecule has 0 radical (unpaired) electrons. The number of nitrogens with zero attached hydrogens (tertiary/aromatic N) is 2. The van der Waals surface area contributed by atoms with Crippen LogP contribution < -0.4 is 5.32 Å². The maximum absolute atomic E-state index is 4.57. The van der Waals surface area contributed by atoms with Crippen LogP contribution in [0.15, 0.2) is 52.6 Å². The lowest BCUT2D eigenvalue weighted by atomic mass is 10.3. The number of imidazole rings is 1. The normalized spacial score (nSPS) is 10.8. The van der Waals surface area contributed by atoms with Gasteiger partial charge in [0.2, 0.25) is 0 Å². The number of rotatable bonds is 5. The fourth-order valence-electron chi connectivity index (χ4n) is 1.91. The van der Waals surface area contributed by atoms with E-state index >= 15 is 0 Å². The molecule has 0 aliphatic rings. The third-order valence-electron chi connectivity index (χ3n) is 2.87. The molecule has 2 N–H and O–H groups in total. The van der Waals surface area contributed by atoms with Crippen LogP contribution in [0.5, 0.6) is 0 Å². The summed E-state index contributed by atoms with van der Waals surface area (Å²) in [7, 11) is 0. The monoisotopic (exact) mass is 284 g/mol. The van der Waals surface area contributed by atoms with Crippen molar-refractivity contribution in [3.8, 4) is 0 Å². The molecule has 0 bridgehead atoms. The Morgan fingerprint density at radius 2 is 2.15 bits per heavy atom. The summed E-state index contributed by atoms with van der Waals surface area (Å²) in [6.45, 7) is 3.08. The SMILES string of the molecule is CCCNc1cc(Sc2nc3ccccc3[nH]2)ccn1. The van der Waals surface area contributed by atoms with Crippen molar-refractivity contribution in [3.05, 3.63) is 42.6 Å². The van der Waals surface area contributed by atoms with Crippen LogP contribution in [0.1, 0.15) is 13.3 Å². The van der Waals surface area contributed by atoms with Gasteiger partial charge in [0.1, 0.15) is 5.82 Å². The average molecular weight is 284 g/mol. The number of fused-ring (bicyclic) bond motifs is 1. The lowest BCUT2D eigenvalue weighted by Gasteiger charge is -2.04. The van der Waals surface area contributed by atoms with E-state index in [1.807, 2.05) is 42.6 Å². The zero-order valence-electron chi connectivity index (χ0n) is 11.3. The van der Waals surface area contributed by atoms with E-state index in [9.17, 15) is 0 Å². The van der Waals surface area contributed by atoms with Gasteiger partial charge in [-0.05, 0) is 30.7 Å². The lowest BCUT2D eigenvalue weighted by Crippen LogP contribution is -2.01. The van der Waals surface area contributed by atoms with Crippen LogP contribution in [0.3, 0.4) is 0 Å². The summed E-state index contributed by atoms with van der Waals surface area (Å²) in [5.41, 5.74) is 2.06. The second-order valence-electron chi connectivity index (χ2n) is 4.46. The largest absolute Gasteiger partial charge is 0.370 e. The number of anilines is 1. The Morgan fingerprint density at radius 3 is 3.00 bits per heavy atom. The number of H-pyrrole nitrogens is 1. The third kappa shape index (κ3) is 2.93. The minimum absolute atomic E-state index is 0.902. The second-order valence-corrected chi connectivity index (χ2v) is 5.53. The van der Waals surface area contributed by atoms with Crippen molar-refractivity contribution < 1.29 is 0 Å². The van der Waals surface area contributed by atoms with E-state index < -0.39 is 0 Å². The Bertz CT molecular complexity index is 675. The molecule has 5 heteroatoms. The van der Waals surface area contributed by atoms with Gasteiger partial charge in [0.25, 0.3) is 0 Å². The quantitative estimate of drug-likeness (QED) is 0.745. The third-order valence-corrected chi connectivity index (χ3v) is 3.75. The van der Waals surface area contributed by atoms with Gasteiger partial charge in [0.05, 0.1) is 11.0 Å². The lowest BCUT2D eigenvalue weighted by molar-refractivity contribution is 0.967. The minimum Gasteiger partial charge on any atom is -0.370 e. The Hall–Kier alpha value is -2.01. The van der Waals surface area contributed by atoms with Crippen molar-refractivity contribution in [3.63, 3.8) is 0 Å². The summed E-state index contributed by atoms with van der Waals surface area (Å²) >= 11 is 1.61. The Kier molecular flexibility index (Phi) is 3.87. The molecule has 4 nitrogen and oxygen atoms in total. The first-order valence-corrected chi connectivity index (χ1v) is 7.49. The van der Waals surface area contributed by atoms with Crippen LogP contribution >= 0.6 is 11.8 Å². The number of pyridine rings is 1. The minimum atomic E-state index is 0.902. The molecule has 0 atom stereocenters. The molecule has 0 aliphatic carbocycles. The summed E-state index contributed by atoms with van der Waals surface area (Å²) in [5, 5.41) is 4.19. The highest BCUT2D eigenvalue weighted by molar-refractivity contribution is 7.99. The van der Waals surface area contributed by atoms with Crippen LogP contribution in [0, 0.1) is 0 Å². The van der Waals surface area contributed by atoms with Crippen molar-refractivity contribution in [2.75, 3.05) is 11.9 Å². The number of aromatic nitrogens is 3. The predicted octanol–water partition coefficient (Wildman–Crippen LogP) is 3.93. The zero-order chi connectivity index (χ0) is 13.8. The molecule has 3 rings (SSSR count). The van der Waals surface area contributed by atoms with Crippen LogP contribution in [0.25, 0.3) is 11.0 Å². The van der Waals surface area contributed by atoms with E-state index in [2.05, 4.69) is 27.2 Å². The van der Waals surface area contributed by atoms with Gasteiger partial charge in [-0.1, -0.05) is 30.8 Å².